The Morgan fingerprint density at radius 2 is 1.97 bits per heavy atom. The van der Waals surface area contributed by atoms with Crippen LogP contribution < -0.4 is 14.9 Å². The number of halogens is 4. The highest BCUT2D eigenvalue weighted by molar-refractivity contribution is 14.1. The maximum Gasteiger partial charge on any atom is 0.307 e. The minimum atomic E-state index is -0.481. The molecule has 1 aromatic heterocycles. The third-order valence-electron chi connectivity index (χ3n) is 4.80. The first-order valence-corrected chi connectivity index (χ1v) is 13.1. The molecule has 0 atom stereocenters. The van der Waals surface area contributed by atoms with Crippen LogP contribution in [-0.4, -0.2) is 18.7 Å². The first-order valence-electron chi connectivity index (χ1n) is 10.4. The van der Waals surface area contributed by atoms with Gasteiger partial charge in [-0.05, 0) is 87.4 Å². The summed E-state index contributed by atoms with van der Waals surface area (Å²) in [6, 6.07) is 15.4. The van der Waals surface area contributed by atoms with Gasteiger partial charge in [-0.1, -0.05) is 34.1 Å². The summed E-state index contributed by atoms with van der Waals surface area (Å²) in [5, 5.41) is 4.83. The summed E-state index contributed by atoms with van der Waals surface area (Å²) in [4.78, 5) is 12.5. The highest BCUT2D eigenvalue weighted by Crippen LogP contribution is 2.35. The Morgan fingerprint density at radius 1 is 1.17 bits per heavy atom. The van der Waals surface area contributed by atoms with E-state index in [1.165, 1.54) is 12.3 Å². The highest BCUT2D eigenvalue weighted by atomic mass is 127. The lowest BCUT2D eigenvalue weighted by atomic mass is 10.2. The molecule has 0 aliphatic heterocycles. The monoisotopic (exact) mass is 714 g/mol. The number of ether oxygens (including phenoxy) is 2. The number of benzene rings is 3. The normalized spacial score (nSPS) is 11.2. The van der Waals surface area contributed by atoms with E-state index in [0.29, 0.717) is 34.8 Å². The minimum Gasteiger partial charge on any atom is -0.490 e. The average Bonchev–Trinajstić information content (AvgIpc) is 3.24. The number of rotatable bonds is 8. The summed E-state index contributed by atoms with van der Waals surface area (Å²) in [5.74, 6) is 0.332. The SMILES string of the molecule is CCOc1cc(/C=N\NC(=O)c2cc3cc(Br)cc(Br)c3o2)cc(I)c1OCc1ccccc1F. The molecule has 0 unspecified atom stereocenters. The largest absolute Gasteiger partial charge is 0.490 e. The van der Waals surface area contributed by atoms with Crippen LogP contribution in [0.3, 0.4) is 0 Å². The van der Waals surface area contributed by atoms with E-state index in [1.54, 1.807) is 30.3 Å². The predicted octanol–water partition coefficient (Wildman–Crippen LogP) is 7.44. The van der Waals surface area contributed by atoms with Crippen LogP contribution >= 0.6 is 54.5 Å². The molecule has 180 valence electrons. The van der Waals surface area contributed by atoms with Gasteiger partial charge in [-0.3, -0.25) is 4.79 Å². The van der Waals surface area contributed by atoms with E-state index in [-0.39, 0.29) is 18.2 Å². The van der Waals surface area contributed by atoms with Gasteiger partial charge in [0.25, 0.3) is 0 Å². The van der Waals surface area contributed by atoms with Crippen molar-refractivity contribution in [3.8, 4) is 11.5 Å². The molecule has 35 heavy (non-hydrogen) atoms. The van der Waals surface area contributed by atoms with E-state index in [1.807, 2.05) is 25.1 Å². The summed E-state index contributed by atoms with van der Waals surface area (Å²) in [5.41, 5.74) is 4.18. The first kappa shape index (κ1) is 25.6. The second-order valence-corrected chi connectivity index (χ2v) is 10.2. The van der Waals surface area contributed by atoms with Crippen LogP contribution in [0.1, 0.15) is 28.6 Å². The molecule has 0 spiro atoms. The van der Waals surface area contributed by atoms with Crippen molar-refractivity contribution >= 4 is 77.5 Å². The highest BCUT2D eigenvalue weighted by Gasteiger charge is 2.15. The van der Waals surface area contributed by atoms with E-state index >= 15 is 0 Å². The lowest BCUT2D eigenvalue weighted by Gasteiger charge is -2.15. The molecule has 0 saturated carbocycles. The van der Waals surface area contributed by atoms with Crippen molar-refractivity contribution in [2.45, 2.75) is 13.5 Å². The number of nitrogens with zero attached hydrogens (tertiary/aromatic N) is 1. The number of furan rings is 1. The second-order valence-electron chi connectivity index (χ2n) is 7.26. The summed E-state index contributed by atoms with van der Waals surface area (Å²) in [6.45, 7) is 2.34. The van der Waals surface area contributed by atoms with Crippen molar-refractivity contribution in [3.05, 3.63) is 89.8 Å². The van der Waals surface area contributed by atoms with Gasteiger partial charge in [-0.2, -0.15) is 5.10 Å². The summed E-state index contributed by atoms with van der Waals surface area (Å²) < 4.78 is 33.6. The fourth-order valence-corrected chi connectivity index (χ4v) is 5.36. The number of carbonyl (C=O) groups excluding carboxylic acids is 1. The van der Waals surface area contributed by atoms with Gasteiger partial charge in [0.2, 0.25) is 0 Å². The van der Waals surface area contributed by atoms with Crippen LogP contribution in [-0.2, 0) is 6.61 Å². The van der Waals surface area contributed by atoms with Crippen LogP contribution in [0, 0.1) is 9.39 Å². The number of nitrogens with one attached hydrogen (secondary N) is 1. The van der Waals surface area contributed by atoms with E-state index in [0.717, 1.165) is 17.9 Å². The molecule has 4 aromatic rings. The van der Waals surface area contributed by atoms with E-state index in [4.69, 9.17) is 13.9 Å². The molecule has 0 aliphatic carbocycles. The lowest BCUT2D eigenvalue weighted by molar-refractivity contribution is 0.0929. The van der Waals surface area contributed by atoms with Gasteiger partial charge >= 0.3 is 5.91 Å². The third-order valence-corrected chi connectivity index (χ3v) is 6.65. The van der Waals surface area contributed by atoms with Gasteiger partial charge in [0.15, 0.2) is 17.3 Å². The van der Waals surface area contributed by atoms with Crippen LogP contribution in [0.2, 0.25) is 0 Å². The summed E-state index contributed by atoms with van der Waals surface area (Å²) in [6.07, 6.45) is 1.50. The molecule has 0 radical (unpaired) electrons. The van der Waals surface area contributed by atoms with Gasteiger partial charge in [0.05, 0.1) is 20.9 Å². The van der Waals surface area contributed by atoms with Crippen molar-refractivity contribution in [3.63, 3.8) is 0 Å². The van der Waals surface area contributed by atoms with Crippen molar-refractivity contribution in [1.29, 1.82) is 0 Å². The third kappa shape index (κ3) is 6.22. The summed E-state index contributed by atoms with van der Waals surface area (Å²) in [7, 11) is 0. The zero-order valence-corrected chi connectivity index (χ0v) is 23.6. The maximum absolute atomic E-state index is 14.0. The number of hydrogen-bond acceptors (Lipinski definition) is 5. The van der Waals surface area contributed by atoms with Crippen LogP contribution in [0.25, 0.3) is 11.0 Å². The van der Waals surface area contributed by atoms with E-state index in [9.17, 15) is 9.18 Å². The van der Waals surface area contributed by atoms with Crippen molar-refractivity contribution in [2.75, 3.05) is 6.61 Å². The lowest BCUT2D eigenvalue weighted by Crippen LogP contribution is -2.16. The van der Waals surface area contributed by atoms with Crippen molar-refractivity contribution in [2.24, 2.45) is 5.10 Å². The van der Waals surface area contributed by atoms with E-state index < -0.39 is 5.91 Å². The summed E-state index contributed by atoms with van der Waals surface area (Å²) >= 11 is 8.96. The zero-order chi connectivity index (χ0) is 24.9. The molecular formula is C25H18Br2FIN2O4. The Morgan fingerprint density at radius 3 is 2.74 bits per heavy atom. The van der Waals surface area contributed by atoms with Crippen molar-refractivity contribution in [1.82, 2.24) is 5.43 Å². The number of amides is 1. The molecule has 10 heteroatoms. The Labute approximate surface area is 231 Å². The average molecular weight is 716 g/mol. The Bertz CT molecular complexity index is 1420. The minimum absolute atomic E-state index is 0.0659. The Hall–Kier alpha value is -2.44. The second kappa shape index (κ2) is 11.5. The maximum atomic E-state index is 14.0. The molecule has 1 amide bonds. The molecule has 0 fully saturated rings. The fraction of sp³-hybridized carbons (Fsp3) is 0.120. The van der Waals surface area contributed by atoms with Crippen LogP contribution in [0.4, 0.5) is 4.39 Å². The number of hydrazone groups is 1. The number of fused-ring (bicyclic) bond motifs is 1. The molecular weight excluding hydrogens is 698 g/mol. The van der Waals surface area contributed by atoms with Crippen molar-refractivity contribution < 1.29 is 23.1 Å². The standard InChI is InChI=1S/C25H18Br2FIN2O4/c1-2-33-21-8-14(7-20(29)24(21)34-13-15-5-3-4-6-19(15)28)12-30-31-25(32)22-10-16-9-17(26)11-18(27)23(16)35-22/h3-12H,2,13H2,1H3,(H,31,32)/b30-12-. The predicted molar refractivity (Wildman–Crippen MR) is 148 cm³/mol. The molecule has 6 nitrogen and oxygen atoms in total. The molecule has 0 saturated heterocycles. The molecule has 0 aliphatic rings. The Kier molecular flexibility index (Phi) is 8.45. The quantitative estimate of drug-likeness (QED) is 0.117. The Balaban J connectivity index is 1.48. The smallest absolute Gasteiger partial charge is 0.307 e. The molecule has 4 rings (SSSR count). The van der Waals surface area contributed by atoms with Crippen LogP contribution in [0.5, 0.6) is 11.5 Å². The molecule has 1 heterocycles. The molecule has 1 N–H and O–H groups in total. The van der Waals surface area contributed by atoms with Crippen LogP contribution in [0.15, 0.2) is 73.1 Å². The topological polar surface area (TPSA) is 73.1 Å². The zero-order valence-electron chi connectivity index (χ0n) is 18.3. The molecule has 3 aromatic carbocycles. The van der Waals surface area contributed by atoms with Gasteiger partial charge in [-0.25, -0.2) is 9.82 Å². The first-order chi connectivity index (χ1) is 16.9. The molecule has 0 bridgehead atoms. The van der Waals surface area contributed by atoms with Gasteiger partial charge in [0.1, 0.15) is 18.0 Å². The number of carbonyl (C=O) groups is 1. The van der Waals surface area contributed by atoms with Gasteiger partial charge in [-0.15, -0.1) is 0 Å². The van der Waals surface area contributed by atoms with E-state index in [2.05, 4.69) is 65.0 Å². The number of hydrogen-bond donors (Lipinski definition) is 1. The van der Waals surface area contributed by atoms with Gasteiger partial charge < -0.3 is 13.9 Å². The fourth-order valence-electron chi connectivity index (χ4n) is 3.24. The van der Waals surface area contributed by atoms with Gasteiger partial charge in [0, 0.05) is 15.4 Å².